The Labute approximate surface area is 105 Å². The Bertz CT molecular complexity index is 381. The van der Waals surface area contributed by atoms with E-state index in [-0.39, 0.29) is 12.6 Å². The first-order chi connectivity index (χ1) is 7.61. The van der Waals surface area contributed by atoms with E-state index in [2.05, 4.69) is 21.2 Å². The van der Waals surface area contributed by atoms with E-state index in [1.807, 2.05) is 0 Å². The van der Waals surface area contributed by atoms with Crippen LogP contribution in [0.1, 0.15) is 16.1 Å². The van der Waals surface area contributed by atoms with E-state index in [9.17, 15) is 9.59 Å². The van der Waals surface area contributed by atoms with Crippen molar-refractivity contribution in [3.8, 4) is 0 Å². The van der Waals surface area contributed by atoms with Gasteiger partial charge in [0.15, 0.2) is 0 Å². The summed E-state index contributed by atoms with van der Waals surface area (Å²) < 4.78 is 5.73. The van der Waals surface area contributed by atoms with Crippen molar-refractivity contribution >= 4 is 39.3 Å². The smallest absolute Gasteiger partial charge is 0.349 e. The minimum atomic E-state index is -0.577. The van der Waals surface area contributed by atoms with Crippen LogP contribution in [0.2, 0.25) is 0 Å². The number of carbonyl (C=O) groups excluding carboxylic acids is 2. The van der Waals surface area contributed by atoms with Crippen molar-refractivity contribution in [1.82, 2.24) is 5.32 Å². The number of esters is 1. The molecule has 0 unspecified atom stereocenters. The summed E-state index contributed by atoms with van der Waals surface area (Å²) in [7, 11) is 0. The number of hydrogen-bond acceptors (Lipinski definition) is 4. The van der Waals surface area contributed by atoms with Gasteiger partial charge in [0.05, 0.1) is 6.61 Å². The summed E-state index contributed by atoms with van der Waals surface area (Å²) in [6, 6.07) is 1.21. The van der Waals surface area contributed by atoms with Gasteiger partial charge in [-0.15, -0.1) is 11.3 Å². The first-order valence-corrected chi connectivity index (χ1v) is 6.22. The SMILES string of the molecule is NC(=O)NCCCOC(=O)c1sccc1Br. The molecule has 1 aromatic rings. The van der Waals surface area contributed by atoms with Gasteiger partial charge in [-0.05, 0) is 33.8 Å². The first kappa shape index (κ1) is 13.0. The van der Waals surface area contributed by atoms with Crippen LogP contribution >= 0.6 is 27.3 Å². The minimum Gasteiger partial charge on any atom is -0.461 e. The van der Waals surface area contributed by atoms with Crippen molar-refractivity contribution in [2.45, 2.75) is 6.42 Å². The van der Waals surface area contributed by atoms with Crippen LogP contribution in [-0.2, 0) is 4.74 Å². The van der Waals surface area contributed by atoms with E-state index in [0.29, 0.717) is 17.8 Å². The van der Waals surface area contributed by atoms with Crippen LogP contribution in [0.25, 0.3) is 0 Å². The summed E-state index contributed by atoms with van der Waals surface area (Å²) in [6.07, 6.45) is 0.539. The Morgan fingerprint density at radius 2 is 2.31 bits per heavy atom. The Hall–Kier alpha value is -1.08. The number of thiophene rings is 1. The number of nitrogens with two attached hydrogens (primary N) is 1. The number of hydrogen-bond donors (Lipinski definition) is 2. The molecule has 2 amide bonds. The van der Waals surface area contributed by atoms with Gasteiger partial charge in [-0.25, -0.2) is 9.59 Å². The quantitative estimate of drug-likeness (QED) is 0.642. The molecule has 0 radical (unpaired) electrons. The third kappa shape index (κ3) is 4.19. The summed E-state index contributed by atoms with van der Waals surface area (Å²) in [5.41, 5.74) is 4.87. The number of amides is 2. The molecule has 16 heavy (non-hydrogen) atoms. The fourth-order valence-corrected chi connectivity index (χ4v) is 2.38. The van der Waals surface area contributed by atoms with Gasteiger partial charge >= 0.3 is 12.0 Å². The highest BCUT2D eigenvalue weighted by Crippen LogP contribution is 2.23. The van der Waals surface area contributed by atoms with Crippen molar-refractivity contribution in [1.29, 1.82) is 0 Å². The van der Waals surface area contributed by atoms with Crippen LogP contribution in [0.4, 0.5) is 4.79 Å². The fourth-order valence-electron chi connectivity index (χ4n) is 0.954. The van der Waals surface area contributed by atoms with Gasteiger partial charge in [-0.3, -0.25) is 0 Å². The Morgan fingerprint density at radius 3 is 2.88 bits per heavy atom. The molecule has 1 heterocycles. The molecule has 0 aromatic carbocycles. The lowest BCUT2D eigenvalue weighted by molar-refractivity contribution is 0.0506. The molecule has 3 N–H and O–H groups in total. The fraction of sp³-hybridized carbons (Fsp3) is 0.333. The maximum Gasteiger partial charge on any atom is 0.349 e. The number of carbonyl (C=O) groups is 2. The van der Waals surface area contributed by atoms with Crippen LogP contribution in [0.5, 0.6) is 0 Å². The van der Waals surface area contributed by atoms with E-state index in [1.165, 1.54) is 11.3 Å². The number of primary amides is 1. The van der Waals surface area contributed by atoms with Gasteiger partial charge in [0.1, 0.15) is 4.88 Å². The predicted octanol–water partition coefficient (Wildman–Crippen LogP) is 1.73. The van der Waals surface area contributed by atoms with Crippen LogP contribution in [-0.4, -0.2) is 25.2 Å². The van der Waals surface area contributed by atoms with Crippen LogP contribution in [0.15, 0.2) is 15.9 Å². The summed E-state index contributed by atoms with van der Waals surface area (Å²) in [5, 5.41) is 4.21. The van der Waals surface area contributed by atoms with Gasteiger partial charge in [-0.1, -0.05) is 0 Å². The summed E-state index contributed by atoms with van der Waals surface area (Å²) in [4.78, 5) is 22.3. The lowest BCUT2D eigenvalue weighted by Gasteiger charge is -2.04. The highest BCUT2D eigenvalue weighted by molar-refractivity contribution is 9.10. The van der Waals surface area contributed by atoms with E-state index in [0.717, 1.165) is 4.47 Å². The van der Waals surface area contributed by atoms with Crippen molar-refractivity contribution in [2.24, 2.45) is 5.73 Å². The van der Waals surface area contributed by atoms with Crippen molar-refractivity contribution < 1.29 is 14.3 Å². The molecule has 1 aromatic heterocycles. The summed E-state index contributed by atoms with van der Waals surface area (Å²) in [6.45, 7) is 0.650. The molecule has 7 heteroatoms. The van der Waals surface area contributed by atoms with Gasteiger partial charge in [-0.2, -0.15) is 0 Å². The van der Waals surface area contributed by atoms with Gasteiger partial charge < -0.3 is 15.8 Å². The van der Waals surface area contributed by atoms with E-state index >= 15 is 0 Å². The van der Waals surface area contributed by atoms with Gasteiger partial charge in [0, 0.05) is 11.0 Å². The van der Waals surface area contributed by atoms with E-state index in [4.69, 9.17) is 10.5 Å². The van der Waals surface area contributed by atoms with Crippen molar-refractivity contribution in [3.05, 3.63) is 20.8 Å². The molecule has 88 valence electrons. The topological polar surface area (TPSA) is 81.4 Å². The number of rotatable bonds is 5. The lowest BCUT2D eigenvalue weighted by atomic mass is 10.4. The molecule has 0 spiro atoms. The second-order valence-electron chi connectivity index (χ2n) is 2.88. The Morgan fingerprint density at radius 1 is 1.56 bits per heavy atom. The zero-order valence-electron chi connectivity index (χ0n) is 8.36. The van der Waals surface area contributed by atoms with Gasteiger partial charge in [0.2, 0.25) is 0 Å². The number of ether oxygens (including phenoxy) is 1. The average Bonchev–Trinajstić information content (AvgIpc) is 2.63. The van der Waals surface area contributed by atoms with Crippen LogP contribution in [0, 0.1) is 0 Å². The molecule has 5 nitrogen and oxygen atoms in total. The molecule has 0 bridgehead atoms. The zero-order valence-corrected chi connectivity index (χ0v) is 10.8. The molecule has 0 aliphatic carbocycles. The second-order valence-corrected chi connectivity index (χ2v) is 4.65. The monoisotopic (exact) mass is 306 g/mol. The highest BCUT2D eigenvalue weighted by atomic mass is 79.9. The largest absolute Gasteiger partial charge is 0.461 e. The third-order valence-electron chi connectivity index (χ3n) is 1.66. The molecule has 0 saturated carbocycles. The molecule has 0 aliphatic rings. The standard InChI is InChI=1S/C9H11BrN2O3S/c10-6-2-5-16-7(6)8(13)15-4-1-3-12-9(11)14/h2,5H,1,3-4H2,(H3,11,12,14). The molecule has 0 saturated heterocycles. The average molecular weight is 307 g/mol. The normalized spacial score (nSPS) is 9.81. The third-order valence-corrected chi connectivity index (χ3v) is 3.47. The maximum absolute atomic E-state index is 11.5. The molecular weight excluding hydrogens is 296 g/mol. The molecular formula is C9H11BrN2O3S. The molecule has 0 atom stereocenters. The van der Waals surface area contributed by atoms with Gasteiger partial charge in [0.25, 0.3) is 0 Å². The zero-order chi connectivity index (χ0) is 12.0. The van der Waals surface area contributed by atoms with Crippen molar-refractivity contribution in [3.63, 3.8) is 0 Å². The van der Waals surface area contributed by atoms with Crippen LogP contribution < -0.4 is 11.1 Å². The number of urea groups is 1. The lowest BCUT2D eigenvalue weighted by Crippen LogP contribution is -2.30. The van der Waals surface area contributed by atoms with E-state index in [1.54, 1.807) is 11.4 Å². The number of halogens is 1. The summed E-state index contributed by atoms with van der Waals surface area (Å²) >= 11 is 4.56. The van der Waals surface area contributed by atoms with E-state index < -0.39 is 6.03 Å². The summed E-state index contributed by atoms with van der Waals surface area (Å²) in [5.74, 6) is -0.360. The second kappa shape index (κ2) is 6.49. The Balaban J connectivity index is 2.21. The molecule has 1 rings (SSSR count). The van der Waals surface area contributed by atoms with Crippen molar-refractivity contribution in [2.75, 3.05) is 13.2 Å². The number of nitrogens with one attached hydrogen (secondary N) is 1. The first-order valence-electron chi connectivity index (χ1n) is 4.54. The van der Waals surface area contributed by atoms with Crippen LogP contribution in [0.3, 0.4) is 0 Å². The highest BCUT2D eigenvalue weighted by Gasteiger charge is 2.12. The predicted molar refractivity (Wildman–Crippen MR) is 64.5 cm³/mol. The maximum atomic E-state index is 11.5. The molecule has 0 fully saturated rings. The Kier molecular flexibility index (Phi) is 5.27. The minimum absolute atomic E-state index is 0.253. The molecule has 0 aliphatic heterocycles.